The summed E-state index contributed by atoms with van der Waals surface area (Å²) >= 11 is 0. The molecule has 15 heavy (non-hydrogen) atoms. The van der Waals surface area contributed by atoms with Crippen molar-refractivity contribution in [2.75, 3.05) is 0 Å². The van der Waals surface area contributed by atoms with Gasteiger partial charge in [0.1, 0.15) is 0 Å². The van der Waals surface area contributed by atoms with Crippen LogP contribution in [0.25, 0.3) is 0 Å². The fourth-order valence-corrected chi connectivity index (χ4v) is 1.23. The summed E-state index contributed by atoms with van der Waals surface area (Å²) in [6.45, 7) is 5.21. The van der Waals surface area contributed by atoms with Crippen molar-refractivity contribution in [2.45, 2.75) is 27.3 Å². The molecule has 1 aromatic rings. The summed E-state index contributed by atoms with van der Waals surface area (Å²) in [5.41, 5.74) is -0.215. The lowest BCUT2D eigenvalue weighted by atomic mass is 9.94. The van der Waals surface area contributed by atoms with Crippen LogP contribution in [0, 0.1) is 12.3 Å². The first kappa shape index (κ1) is 11.5. The molecule has 0 aliphatic heterocycles. The number of pyridine rings is 1. The molecule has 1 aromatic heterocycles. The van der Waals surface area contributed by atoms with Gasteiger partial charge in [-0.1, -0.05) is 0 Å². The predicted octanol–water partition coefficient (Wildman–Crippen LogP) is 1.27. The van der Waals surface area contributed by atoms with Crippen molar-refractivity contribution in [3.8, 4) is 0 Å². The summed E-state index contributed by atoms with van der Waals surface area (Å²) in [6, 6.07) is 3.29. The standard InChI is InChI=1S/C11H15NO3/c1-8-4-5-12(9(13)6-8)7-11(2,3)10(14)15/h4-6H,7H2,1-3H3,(H,14,15). The van der Waals surface area contributed by atoms with Crippen molar-refractivity contribution in [3.05, 3.63) is 34.2 Å². The molecular formula is C11H15NO3. The molecule has 0 saturated carbocycles. The molecule has 1 N–H and O–H groups in total. The molecule has 1 heterocycles. The summed E-state index contributed by atoms with van der Waals surface area (Å²) in [5.74, 6) is -0.907. The number of rotatable bonds is 3. The van der Waals surface area contributed by atoms with Gasteiger partial charge in [0.15, 0.2) is 0 Å². The fourth-order valence-electron chi connectivity index (χ4n) is 1.23. The maximum Gasteiger partial charge on any atom is 0.310 e. The maximum atomic E-state index is 11.5. The molecule has 4 nitrogen and oxygen atoms in total. The quantitative estimate of drug-likeness (QED) is 0.815. The van der Waals surface area contributed by atoms with Crippen LogP contribution in [-0.4, -0.2) is 15.6 Å². The fraction of sp³-hybridized carbons (Fsp3) is 0.455. The Bertz CT molecular complexity index is 432. The van der Waals surface area contributed by atoms with Gasteiger partial charge in [0.05, 0.1) is 5.41 Å². The lowest BCUT2D eigenvalue weighted by molar-refractivity contribution is -0.147. The number of hydrogen-bond acceptors (Lipinski definition) is 2. The van der Waals surface area contributed by atoms with Crippen LogP contribution in [0.2, 0.25) is 0 Å². The second-order valence-corrected chi connectivity index (χ2v) is 4.36. The van der Waals surface area contributed by atoms with Gasteiger partial charge in [-0.05, 0) is 32.4 Å². The van der Waals surface area contributed by atoms with Crippen LogP contribution in [0.4, 0.5) is 0 Å². The lowest BCUT2D eigenvalue weighted by Crippen LogP contribution is -2.33. The third-order valence-corrected chi connectivity index (χ3v) is 2.30. The Morgan fingerprint density at radius 3 is 2.60 bits per heavy atom. The minimum atomic E-state index is -0.931. The van der Waals surface area contributed by atoms with E-state index in [0.29, 0.717) is 0 Å². The third kappa shape index (κ3) is 2.68. The molecule has 0 atom stereocenters. The van der Waals surface area contributed by atoms with Gasteiger partial charge < -0.3 is 9.67 Å². The van der Waals surface area contributed by atoms with E-state index in [0.717, 1.165) is 5.56 Å². The van der Waals surface area contributed by atoms with Crippen molar-refractivity contribution in [3.63, 3.8) is 0 Å². The second-order valence-electron chi connectivity index (χ2n) is 4.36. The number of nitrogens with zero attached hydrogens (tertiary/aromatic N) is 1. The normalized spacial score (nSPS) is 11.4. The minimum absolute atomic E-state index is 0.163. The zero-order valence-corrected chi connectivity index (χ0v) is 9.15. The first-order valence-corrected chi connectivity index (χ1v) is 4.73. The molecule has 0 spiro atoms. The molecule has 82 valence electrons. The summed E-state index contributed by atoms with van der Waals surface area (Å²) < 4.78 is 1.42. The van der Waals surface area contributed by atoms with Gasteiger partial charge >= 0.3 is 5.97 Å². The van der Waals surface area contributed by atoms with Crippen molar-refractivity contribution < 1.29 is 9.90 Å². The molecule has 0 aliphatic rings. The van der Waals surface area contributed by atoms with Gasteiger partial charge in [-0.25, -0.2) is 0 Å². The zero-order valence-electron chi connectivity index (χ0n) is 9.15. The first-order chi connectivity index (χ1) is 6.83. The molecule has 0 aliphatic carbocycles. The topological polar surface area (TPSA) is 59.3 Å². The number of aromatic nitrogens is 1. The molecule has 0 saturated heterocycles. The summed E-state index contributed by atoms with van der Waals surface area (Å²) in [5, 5.41) is 8.93. The van der Waals surface area contributed by atoms with Crippen LogP contribution in [-0.2, 0) is 11.3 Å². The largest absolute Gasteiger partial charge is 0.481 e. The summed E-state index contributed by atoms with van der Waals surface area (Å²) in [6.07, 6.45) is 1.63. The van der Waals surface area contributed by atoms with Gasteiger partial charge in [-0.3, -0.25) is 9.59 Å². The Labute approximate surface area is 88.2 Å². The number of carboxylic acid groups (broad SMARTS) is 1. The van der Waals surface area contributed by atoms with E-state index in [2.05, 4.69) is 0 Å². The smallest absolute Gasteiger partial charge is 0.310 e. The SMILES string of the molecule is Cc1ccn(CC(C)(C)C(=O)O)c(=O)c1. The van der Waals surface area contributed by atoms with E-state index in [-0.39, 0.29) is 12.1 Å². The monoisotopic (exact) mass is 209 g/mol. The van der Waals surface area contributed by atoms with Crippen LogP contribution >= 0.6 is 0 Å². The number of aliphatic carboxylic acids is 1. The van der Waals surface area contributed by atoms with Crippen LogP contribution < -0.4 is 5.56 Å². The van der Waals surface area contributed by atoms with Crippen molar-refractivity contribution in [2.24, 2.45) is 5.41 Å². The van der Waals surface area contributed by atoms with Gasteiger partial charge in [0.2, 0.25) is 0 Å². The van der Waals surface area contributed by atoms with E-state index in [1.165, 1.54) is 10.6 Å². The molecule has 0 amide bonds. The van der Waals surface area contributed by atoms with Crippen LogP contribution in [0.1, 0.15) is 19.4 Å². The van der Waals surface area contributed by atoms with Crippen LogP contribution in [0.15, 0.2) is 23.1 Å². The average molecular weight is 209 g/mol. The molecule has 0 fully saturated rings. The second kappa shape index (κ2) is 3.88. The zero-order chi connectivity index (χ0) is 11.6. The predicted molar refractivity (Wildman–Crippen MR) is 56.9 cm³/mol. The van der Waals surface area contributed by atoms with E-state index in [1.54, 1.807) is 26.1 Å². The van der Waals surface area contributed by atoms with Crippen LogP contribution in [0.5, 0.6) is 0 Å². The molecule has 4 heteroatoms. The van der Waals surface area contributed by atoms with E-state index >= 15 is 0 Å². The van der Waals surface area contributed by atoms with Crippen molar-refractivity contribution >= 4 is 5.97 Å². The van der Waals surface area contributed by atoms with Crippen LogP contribution in [0.3, 0.4) is 0 Å². The van der Waals surface area contributed by atoms with Gasteiger partial charge in [-0.15, -0.1) is 0 Å². The molecule has 1 rings (SSSR count). The minimum Gasteiger partial charge on any atom is -0.481 e. The maximum absolute atomic E-state index is 11.5. The lowest BCUT2D eigenvalue weighted by Gasteiger charge is -2.20. The highest BCUT2D eigenvalue weighted by molar-refractivity contribution is 5.73. The van der Waals surface area contributed by atoms with Crippen molar-refractivity contribution in [1.29, 1.82) is 0 Å². The highest BCUT2D eigenvalue weighted by atomic mass is 16.4. The number of aryl methyl sites for hydroxylation is 1. The summed E-state index contributed by atoms with van der Waals surface area (Å²) in [7, 11) is 0. The Morgan fingerprint density at radius 1 is 1.53 bits per heavy atom. The first-order valence-electron chi connectivity index (χ1n) is 4.73. The Hall–Kier alpha value is -1.58. The van der Waals surface area contributed by atoms with Gasteiger partial charge in [0, 0.05) is 18.8 Å². The Balaban J connectivity index is 3.00. The third-order valence-electron chi connectivity index (χ3n) is 2.30. The van der Waals surface area contributed by atoms with E-state index in [9.17, 15) is 9.59 Å². The van der Waals surface area contributed by atoms with Gasteiger partial charge in [-0.2, -0.15) is 0 Å². The van der Waals surface area contributed by atoms with E-state index in [1.807, 2.05) is 6.92 Å². The average Bonchev–Trinajstić information content (AvgIpc) is 2.09. The molecule has 0 radical (unpaired) electrons. The number of carbonyl (C=O) groups is 1. The summed E-state index contributed by atoms with van der Waals surface area (Å²) in [4.78, 5) is 22.4. The number of carboxylic acids is 1. The molecule has 0 unspecified atom stereocenters. The number of hydrogen-bond donors (Lipinski definition) is 1. The molecule has 0 aromatic carbocycles. The van der Waals surface area contributed by atoms with E-state index < -0.39 is 11.4 Å². The van der Waals surface area contributed by atoms with Crippen molar-refractivity contribution in [1.82, 2.24) is 4.57 Å². The highest BCUT2D eigenvalue weighted by Gasteiger charge is 2.27. The van der Waals surface area contributed by atoms with E-state index in [4.69, 9.17) is 5.11 Å². The molecular weight excluding hydrogens is 194 g/mol. The Kier molecular flexibility index (Phi) is 2.98. The highest BCUT2D eigenvalue weighted by Crippen LogP contribution is 2.17. The Morgan fingerprint density at radius 2 is 2.13 bits per heavy atom. The molecule has 0 bridgehead atoms. The van der Waals surface area contributed by atoms with Gasteiger partial charge in [0.25, 0.3) is 5.56 Å².